The van der Waals surface area contributed by atoms with Gasteiger partial charge in [-0.25, -0.2) is 4.98 Å². The van der Waals surface area contributed by atoms with Crippen molar-refractivity contribution in [2.75, 3.05) is 24.4 Å². The number of halogens is 1. The van der Waals surface area contributed by atoms with Crippen molar-refractivity contribution in [1.29, 1.82) is 0 Å². The first kappa shape index (κ1) is 16.3. The highest BCUT2D eigenvalue weighted by Crippen LogP contribution is 2.22. The van der Waals surface area contributed by atoms with Crippen molar-refractivity contribution in [3.8, 4) is 0 Å². The highest BCUT2D eigenvalue weighted by molar-refractivity contribution is 6.31. The largest absolute Gasteiger partial charge is 0.388 e. The minimum absolute atomic E-state index is 0.685. The summed E-state index contributed by atoms with van der Waals surface area (Å²) < 4.78 is 0. The summed E-state index contributed by atoms with van der Waals surface area (Å²) in [5.41, 5.74) is 3.77. The molecule has 1 aromatic heterocycles. The molecule has 0 spiro atoms. The molecule has 0 atom stereocenters. The molecule has 5 heteroatoms. The molecule has 0 saturated heterocycles. The summed E-state index contributed by atoms with van der Waals surface area (Å²) in [4.78, 5) is 4.66. The minimum Gasteiger partial charge on any atom is -0.388 e. The van der Waals surface area contributed by atoms with Gasteiger partial charge in [-0.15, -0.1) is 0 Å². The van der Waals surface area contributed by atoms with Gasteiger partial charge in [0.05, 0.1) is 11.2 Å². The summed E-state index contributed by atoms with van der Waals surface area (Å²) in [5.74, 6) is 0.793. The van der Waals surface area contributed by atoms with E-state index in [1.54, 1.807) is 5.01 Å². The lowest BCUT2D eigenvalue weighted by molar-refractivity contribution is 0.983. The predicted molar refractivity (Wildman–Crippen MR) is 103 cm³/mol. The van der Waals surface area contributed by atoms with E-state index in [9.17, 15) is 0 Å². The zero-order valence-corrected chi connectivity index (χ0v) is 14.7. The monoisotopic (exact) mass is 338 g/mol. The van der Waals surface area contributed by atoms with E-state index in [0.717, 1.165) is 33.7 Å². The van der Waals surface area contributed by atoms with Gasteiger partial charge in [0.25, 0.3) is 0 Å². The SMILES string of the molecule is CNc1ccc(Cl)cc1/C(C)=N\N(C)c1ccc2ccccc2n1. The molecule has 0 bridgehead atoms. The second kappa shape index (κ2) is 6.89. The van der Waals surface area contributed by atoms with Crippen LogP contribution >= 0.6 is 11.6 Å². The normalized spacial score (nSPS) is 11.6. The number of nitrogens with one attached hydrogen (secondary N) is 1. The van der Waals surface area contributed by atoms with E-state index in [1.807, 2.05) is 69.6 Å². The van der Waals surface area contributed by atoms with Gasteiger partial charge < -0.3 is 5.32 Å². The number of hydrazone groups is 1. The lowest BCUT2D eigenvalue weighted by Gasteiger charge is -2.16. The van der Waals surface area contributed by atoms with Crippen LogP contribution in [-0.4, -0.2) is 24.8 Å². The number of rotatable bonds is 4. The third kappa shape index (κ3) is 3.34. The number of anilines is 2. The Hall–Kier alpha value is -2.59. The maximum Gasteiger partial charge on any atom is 0.149 e. The van der Waals surface area contributed by atoms with Crippen LogP contribution in [0, 0.1) is 0 Å². The molecule has 3 aromatic rings. The summed E-state index contributed by atoms with van der Waals surface area (Å²) in [6.45, 7) is 1.96. The molecule has 0 unspecified atom stereocenters. The number of hydrogen-bond acceptors (Lipinski definition) is 4. The van der Waals surface area contributed by atoms with Crippen molar-refractivity contribution in [1.82, 2.24) is 4.98 Å². The number of pyridine rings is 1. The van der Waals surface area contributed by atoms with E-state index in [4.69, 9.17) is 11.6 Å². The molecule has 0 fully saturated rings. The molecule has 0 aliphatic rings. The molecular weight excluding hydrogens is 320 g/mol. The second-order valence-electron chi connectivity index (χ2n) is 5.51. The summed E-state index contributed by atoms with van der Waals surface area (Å²) in [5, 5.41) is 11.4. The Morgan fingerprint density at radius 1 is 1.12 bits per heavy atom. The van der Waals surface area contributed by atoms with E-state index in [1.165, 1.54) is 0 Å². The maximum absolute atomic E-state index is 6.13. The van der Waals surface area contributed by atoms with Crippen LogP contribution in [0.15, 0.2) is 59.7 Å². The van der Waals surface area contributed by atoms with Gasteiger partial charge in [0.2, 0.25) is 0 Å². The number of aromatic nitrogens is 1. The van der Waals surface area contributed by atoms with Crippen LogP contribution in [0.4, 0.5) is 11.5 Å². The van der Waals surface area contributed by atoms with Crippen molar-refractivity contribution < 1.29 is 0 Å². The van der Waals surface area contributed by atoms with E-state index in [2.05, 4.69) is 21.5 Å². The smallest absolute Gasteiger partial charge is 0.149 e. The van der Waals surface area contributed by atoms with Crippen LogP contribution in [0.3, 0.4) is 0 Å². The molecule has 24 heavy (non-hydrogen) atoms. The fourth-order valence-electron chi connectivity index (χ4n) is 2.60. The first-order valence-corrected chi connectivity index (χ1v) is 8.08. The average molecular weight is 339 g/mol. The fourth-order valence-corrected chi connectivity index (χ4v) is 2.77. The molecule has 0 aliphatic heterocycles. The van der Waals surface area contributed by atoms with Crippen LogP contribution in [0.2, 0.25) is 5.02 Å². The van der Waals surface area contributed by atoms with E-state index >= 15 is 0 Å². The number of para-hydroxylation sites is 1. The van der Waals surface area contributed by atoms with Gasteiger partial charge in [0.15, 0.2) is 0 Å². The Bertz CT molecular complexity index is 905. The predicted octanol–water partition coefficient (Wildman–Crippen LogP) is 4.79. The van der Waals surface area contributed by atoms with E-state index in [-0.39, 0.29) is 0 Å². The standard InChI is InChI=1S/C19H19ClN4/c1-13(16-12-15(20)9-10-18(16)21-2)23-24(3)19-11-8-14-6-4-5-7-17(14)22-19/h4-12,21H,1-3H3/b23-13-. The highest BCUT2D eigenvalue weighted by atomic mass is 35.5. The number of fused-ring (bicyclic) bond motifs is 1. The van der Waals surface area contributed by atoms with Gasteiger partial charge in [-0.1, -0.05) is 29.8 Å². The van der Waals surface area contributed by atoms with Crippen LogP contribution < -0.4 is 10.3 Å². The summed E-state index contributed by atoms with van der Waals surface area (Å²) >= 11 is 6.13. The lowest BCUT2D eigenvalue weighted by atomic mass is 10.1. The van der Waals surface area contributed by atoms with E-state index in [0.29, 0.717) is 5.02 Å². The highest BCUT2D eigenvalue weighted by Gasteiger charge is 2.08. The van der Waals surface area contributed by atoms with Crippen molar-refractivity contribution >= 4 is 39.7 Å². The van der Waals surface area contributed by atoms with Crippen LogP contribution in [0.5, 0.6) is 0 Å². The van der Waals surface area contributed by atoms with E-state index < -0.39 is 0 Å². The Labute approximate surface area is 146 Å². The molecule has 4 nitrogen and oxygen atoms in total. The Kier molecular flexibility index (Phi) is 4.67. The van der Waals surface area contributed by atoms with Gasteiger partial charge in [-0.2, -0.15) is 5.10 Å². The molecule has 2 aromatic carbocycles. The average Bonchev–Trinajstić information content (AvgIpc) is 2.61. The first-order chi connectivity index (χ1) is 11.6. The van der Waals surface area contributed by atoms with Gasteiger partial charge in [0, 0.05) is 35.8 Å². The van der Waals surface area contributed by atoms with Gasteiger partial charge in [0.1, 0.15) is 5.82 Å². The van der Waals surface area contributed by atoms with Gasteiger partial charge in [-0.3, -0.25) is 5.01 Å². The van der Waals surface area contributed by atoms with Crippen LogP contribution in [0.1, 0.15) is 12.5 Å². The number of nitrogens with zero attached hydrogens (tertiary/aromatic N) is 3. The Balaban J connectivity index is 1.95. The van der Waals surface area contributed by atoms with Crippen LogP contribution in [-0.2, 0) is 0 Å². The summed E-state index contributed by atoms with van der Waals surface area (Å²) in [6.07, 6.45) is 0. The molecule has 0 radical (unpaired) electrons. The zero-order chi connectivity index (χ0) is 17.1. The molecule has 0 saturated carbocycles. The van der Waals surface area contributed by atoms with Crippen molar-refractivity contribution in [3.05, 3.63) is 65.2 Å². The topological polar surface area (TPSA) is 40.5 Å². The number of hydrogen-bond donors (Lipinski definition) is 1. The first-order valence-electron chi connectivity index (χ1n) is 7.71. The van der Waals surface area contributed by atoms with Gasteiger partial charge in [-0.05, 0) is 43.3 Å². The van der Waals surface area contributed by atoms with Crippen LogP contribution in [0.25, 0.3) is 10.9 Å². The molecular formula is C19H19ClN4. The quantitative estimate of drug-likeness (QED) is 0.549. The molecule has 0 amide bonds. The zero-order valence-electron chi connectivity index (χ0n) is 13.9. The summed E-state index contributed by atoms with van der Waals surface area (Å²) in [6, 6.07) is 17.8. The van der Waals surface area contributed by atoms with Crippen molar-refractivity contribution in [3.63, 3.8) is 0 Å². The fraction of sp³-hybridized carbons (Fsp3) is 0.158. The van der Waals surface area contributed by atoms with Gasteiger partial charge >= 0.3 is 0 Å². The lowest BCUT2D eigenvalue weighted by Crippen LogP contribution is -2.14. The maximum atomic E-state index is 6.13. The molecule has 1 heterocycles. The molecule has 3 rings (SSSR count). The molecule has 122 valence electrons. The summed E-state index contributed by atoms with van der Waals surface area (Å²) in [7, 11) is 3.78. The molecule has 1 N–H and O–H groups in total. The Morgan fingerprint density at radius 3 is 2.71 bits per heavy atom. The number of benzene rings is 2. The third-order valence-corrected chi connectivity index (χ3v) is 4.09. The third-order valence-electron chi connectivity index (χ3n) is 3.86. The second-order valence-corrected chi connectivity index (χ2v) is 5.95. The van der Waals surface area contributed by atoms with Crippen molar-refractivity contribution in [2.45, 2.75) is 6.92 Å². The Morgan fingerprint density at radius 2 is 1.92 bits per heavy atom. The molecule has 0 aliphatic carbocycles. The minimum atomic E-state index is 0.685. The van der Waals surface area contributed by atoms with Crippen molar-refractivity contribution in [2.24, 2.45) is 5.10 Å².